The largest absolute Gasteiger partial charge is 0.350 e. The maximum absolute atomic E-state index is 12.4. The molecule has 0 aliphatic carbocycles. The molecule has 7 heteroatoms. The lowest BCUT2D eigenvalue weighted by molar-refractivity contribution is 0.685. The topological polar surface area (TPSA) is 63.4 Å². The molecule has 4 aromatic heterocycles. The highest BCUT2D eigenvalue weighted by Crippen LogP contribution is 2.28. The predicted octanol–water partition coefficient (Wildman–Crippen LogP) is 3.39. The summed E-state index contributed by atoms with van der Waals surface area (Å²) >= 11 is 1.69. The number of fused-ring (bicyclic) bond motifs is 2. The van der Waals surface area contributed by atoms with Crippen molar-refractivity contribution in [1.82, 2.24) is 19.6 Å². The number of anilines is 1. The summed E-state index contributed by atoms with van der Waals surface area (Å²) in [6.45, 7) is 5.40. The smallest absolute Gasteiger partial charge is 0.274 e. The third-order valence-electron chi connectivity index (χ3n) is 5.14. The molecule has 0 N–H and O–H groups in total. The molecule has 0 unspecified atom stereocenters. The molecule has 5 heterocycles. The Bertz CT molecular complexity index is 1250. The van der Waals surface area contributed by atoms with Gasteiger partial charge in [-0.3, -0.25) is 9.78 Å². The van der Waals surface area contributed by atoms with Crippen LogP contribution in [0.5, 0.6) is 0 Å². The molecule has 140 valence electrons. The Hall–Kier alpha value is -3.06. The van der Waals surface area contributed by atoms with E-state index in [1.165, 1.54) is 21.7 Å². The van der Waals surface area contributed by atoms with Crippen molar-refractivity contribution in [2.45, 2.75) is 26.8 Å². The summed E-state index contributed by atoms with van der Waals surface area (Å²) in [5.74, 6) is 0.826. The summed E-state index contributed by atoms with van der Waals surface area (Å²) in [6, 6.07) is 7.79. The normalized spacial score (nSPS) is 13.7. The first-order chi connectivity index (χ1) is 13.6. The monoisotopic (exact) mass is 389 g/mol. The highest BCUT2D eigenvalue weighted by atomic mass is 32.1. The van der Waals surface area contributed by atoms with Crippen molar-refractivity contribution >= 4 is 22.8 Å². The van der Waals surface area contributed by atoms with Gasteiger partial charge in [-0.2, -0.15) is 15.9 Å². The first-order valence-corrected chi connectivity index (χ1v) is 10.2. The Balaban J connectivity index is 1.54. The van der Waals surface area contributed by atoms with Crippen LogP contribution in [0, 0.1) is 13.8 Å². The average molecular weight is 389 g/mol. The molecule has 0 saturated carbocycles. The van der Waals surface area contributed by atoms with Crippen LogP contribution in [-0.2, 0) is 13.0 Å². The van der Waals surface area contributed by atoms with Crippen LogP contribution >= 0.6 is 11.3 Å². The number of pyridine rings is 1. The van der Waals surface area contributed by atoms with Crippen LogP contribution in [0.4, 0.5) is 5.82 Å². The summed E-state index contributed by atoms with van der Waals surface area (Å²) in [4.78, 5) is 23.7. The second kappa shape index (κ2) is 6.53. The van der Waals surface area contributed by atoms with Gasteiger partial charge in [0.2, 0.25) is 0 Å². The van der Waals surface area contributed by atoms with Gasteiger partial charge in [0, 0.05) is 48.7 Å². The molecular formula is C21H19N5OS. The van der Waals surface area contributed by atoms with Gasteiger partial charge in [0.25, 0.3) is 5.56 Å². The van der Waals surface area contributed by atoms with E-state index < -0.39 is 0 Å². The van der Waals surface area contributed by atoms with Crippen molar-refractivity contribution < 1.29 is 0 Å². The zero-order chi connectivity index (χ0) is 19.3. The Morgan fingerprint density at radius 1 is 1.14 bits per heavy atom. The van der Waals surface area contributed by atoms with E-state index in [9.17, 15) is 4.79 Å². The molecule has 0 bridgehead atoms. The molecule has 1 aliphatic rings. The number of aryl methyl sites for hydroxylation is 2. The van der Waals surface area contributed by atoms with Gasteiger partial charge in [-0.05, 0) is 59.5 Å². The number of rotatable bonds is 2. The third-order valence-corrected chi connectivity index (χ3v) is 5.82. The average Bonchev–Trinajstić information content (AvgIpc) is 3.21. The van der Waals surface area contributed by atoms with Gasteiger partial charge in [0.05, 0.1) is 0 Å². The molecule has 6 nitrogen and oxygen atoms in total. The van der Waals surface area contributed by atoms with Gasteiger partial charge in [0.1, 0.15) is 0 Å². The van der Waals surface area contributed by atoms with E-state index in [0.29, 0.717) is 11.3 Å². The van der Waals surface area contributed by atoms with Crippen molar-refractivity contribution in [2.75, 3.05) is 11.4 Å². The molecule has 0 fully saturated rings. The van der Waals surface area contributed by atoms with Crippen LogP contribution in [0.1, 0.15) is 22.5 Å². The van der Waals surface area contributed by atoms with Crippen LogP contribution in [0.25, 0.3) is 16.8 Å². The predicted molar refractivity (Wildman–Crippen MR) is 111 cm³/mol. The summed E-state index contributed by atoms with van der Waals surface area (Å²) in [5, 5.41) is 8.85. The van der Waals surface area contributed by atoms with Crippen molar-refractivity contribution in [2.24, 2.45) is 0 Å². The lowest BCUT2D eigenvalue weighted by Crippen LogP contribution is -2.33. The summed E-state index contributed by atoms with van der Waals surface area (Å²) in [5.41, 5.74) is 6.86. The fourth-order valence-electron chi connectivity index (χ4n) is 3.75. The van der Waals surface area contributed by atoms with Crippen LogP contribution < -0.4 is 10.5 Å². The van der Waals surface area contributed by atoms with Crippen molar-refractivity contribution in [3.63, 3.8) is 0 Å². The van der Waals surface area contributed by atoms with Crippen molar-refractivity contribution in [3.8, 4) is 11.1 Å². The van der Waals surface area contributed by atoms with Crippen molar-refractivity contribution in [3.05, 3.63) is 74.1 Å². The number of thiophene rings is 1. The number of aromatic nitrogens is 4. The molecule has 0 spiro atoms. The molecule has 0 amide bonds. The quantitative estimate of drug-likeness (QED) is 0.526. The zero-order valence-electron chi connectivity index (χ0n) is 15.7. The van der Waals surface area contributed by atoms with Gasteiger partial charge >= 0.3 is 0 Å². The Morgan fingerprint density at radius 2 is 2.04 bits per heavy atom. The summed E-state index contributed by atoms with van der Waals surface area (Å²) in [7, 11) is 0. The molecule has 5 rings (SSSR count). The third kappa shape index (κ3) is 2.88. The molecule has 0 radical (unpaired) electrons. The molecular weight excluding hydrogens is 370 g/mol. The number of hydrogen-bond acceptors (Lipinski definition) is 6. The number of hydrogen-bond donors (Lipinski definition) is 0. The first-order valence-electron chi connectivity index (χ1n) is 9.22. The van der Waals surface area contributed by atoms with E-state index in [4.69, 9.17) is 4.98 Å². The standard InChI is InChI=1S/C21H19N5OS/c1-13-7-19-23-14(2)8-20(27)26(19)24-21(13)25-5-3-18-17(11-25)9-16(10-22-18)15-4-6-28-12-15/h4,6-10,12H,3,5,11H2,1-2H3. The fourth-order valence-corrected chi connectivity index (χ4v) is 4.41. The van der Waals surface area contributed by atoms with E-state index in [2.05, 4.69) is 37.9 Å². The highest BCUT2D eigenvalue weighted by molar-refractivity contribution is 7.08. The molecule has 1 aliphatic heterocycles. The van der Waals surface area contributed by atoms with Gasteiger partial charge in [-0.15, -0.1) is 5.10 Å². The minimum absolute atomic E-state index is 0.150. The SMILES string of the molecule is Cc1cc(=O)n2nc(N3CCc4ncc(-c5ccsc5)cc4C3)c(C)cc2n1. The minimum Gasteiger partial charge on any atom is -0.350 e. The van der Waals surface area contributed by atoms with Gasteiger partial charge in [-0.1, -0.05) is 0 Å². The second-order valence-electron chi connectivity index (χ2n) is 7.17. The Labute approximate surface area is 166 Å². The molecule has 0 saturated heterocycles. The highest BCUT2D eigenvalue weighted by Gasteiger charge is 2.21. The summed E-state index contributed by atoms with van der Waals surface area (Å²) < 4.78 is 1.39. The maximum Gasteiger partial charge on any atom is 0.274 e. The lowest BCUT2D eigenvalue weighted by atomic mass is 10.0. The van der Waals surface area contributed by atoms with Gasteiger partial charge < -0.3 is 4.90 Å². The maximum atomic E-state index is 12.4. The summed E-state index contributed by atoms with van der Waals surface area (Å²) in [6.07, 6.45) is 2.82. The van der Waals surface area contributed by atoms with E-state index >= 15 is 0 Å². The molecule has 28 heavy (non-hydrogen) atoms. The molecule has 4 aromatic rings. The van der Waals surface area contributed by atoms with Crippen LogP contribution in [0.2, 0.25) is 0 Å². The Kier molecular flexibility index (Phi) is 3.98. The van der Waals surface area contributed by atoms with Crippen LogP contribution in [-0.4, -0.2) is 26.1 Å². The van der Waals surface area contributed by atoms with Gasteiger partial charge in [0.15, 0.2) is 11.5 Å². The second-order valence-corrected chi connectivity index (χ2v) is 7.95. The van der Waals surface area contributed by atoms with Gasteiger partial charge in [-0.25, -0.2) is 4.98 Å². The van der Waals surface area contributed by atoms with E-state index in [-0.39, 0.29) is 5.56 Å². The van der Waals surface area contributed by atoms with Crippen molar-refractivity contribution in [1.29, 1.82) is 0 Å². The molecule has 0 atom stereocenters. The molecule has 0 aromatic carbocycles. The number of nitrogens with zero attached hydrogens (tertiary/aromatic N) is 5. The lowest BCUT2D eigenvalue weighted by Gasteiger charge is -2.30. The first kappa shape index (κ1) is 17.1. The van der Waals surface area contributed by atoms with Crippen LogP contribution in [0.3, 0.4) is 0 Å². The Morgan fingerprint density at radius 3 is 2.86 bits per heavy atom. The van der Waals surface area contributed by atoms with E-state index in [1.54, 1.807) is 11.3 Å². The fraction of sp³-hybridized carbons (Fsp3) is 0.238. The van der Waals surface area contributed by atoms with E-state index in [1.807, 2.05) is 26.1 Å². The van der Waals surface area contributed by atoms with E-state index in [0.717, 1.165) is 42.1 Å². The van der Waals surface area contributed by atoms with Crippen LogP contribution in [0.15, 0.2) is 46.0 Å². The minimum atomic E-state index is -0.150. The zero-order valence-corrected chi connectivity index (χ0v) is 16.5.